The van der Waals surface area contributed by atoms with Crippen molar-refractivity contribution in [2.75, 3.05) is 5.75 Å². The summed E-state index contributed by atoms with van der Waals surface area (Å²) in [5, 5.41) is 17.1. The molecule has 2 heterocycles. The topological polar surface area (TPSA) is 80.9 Å². The quantitative estimate of drug-likeness (QED) is 0.863. The maximum absolute atomic E-state index is 10.6. The van der Waals surface area contributed by atoms with Gasteiger partial charge in [-0.05, 0) is 28.9 Å². The molecule has 0 unspecified atom stereocenters. The lowest BCUT2D eigenvalue weighted by atomic mass is 10.4. The van der Waals surface area contributed by atoms with Gasteiger partial charge in [-0.2, -0.15) is 0 Å². The first-order chi connectivity index (χ1) is 8.58. The van der Waals surface area contributed by atoms with Gasteiger partial charge >= 0.3 is 5.97 Å². The second-order valence-corrected chi connectivity index (χ2v) is 5.27. The Bertz CT molecular complexity index is 587. The van der Waals surface area contributed by atoms with Crippen LogP contribution in [0.15, 0.2) is 28.1 Å². The van der Waals surface area contributed by atoms with E-state index < -0.39 is 5.97 Å². The zero-order valence-corrected chi connectivity index (χ0v) is 11.8. The van der Waals surface area contributed by atoms with E-state index in [1.165, 1.54) is 0 Å². The lowest BCUT2D eigenvalue weighted by molar-refractivity contribution is -0.133. The molecule has 94 valence electrons. The molecule has 1 N–H and O–H groups in total. The van der Waals surface area contributed by atoms with E-state index in [0.29, 0.717) is 11.0 Å². The third-order valence-electron chi connectivity index (χ3n) is 2.07. The van der Waals surface area contributed by atoms with Gasteiger partial charge < -0.3 is 5.11 Å². The molecule has 2 rings (SSSR count). The van der Waals surface area contributed by atoms with Crippen molar-refractivity contribution in [3.63, 3.8) is 0 Å². The van der Waals surface area contributed by atoms with Crippen LogP contribution in [-0.2, 0) is 4.79 Å². The average Bonchev–Trinajstić information content (AvgIpc) is 2.68. The molecule has 6 nitrogen and oxygen atoms in total. The molecule has 2 aromatic heterocycles. The fourth-order valence-electron chi connectivity index (χ4n) is 1.38. The number of halogens is 1. The molecule has 0 fully saturated rings. The van der Waals surface area contributed by atoms with E-state index in [0.717, 1.165) is 21.9 Å². The maximum atomic E-state index is 10.6. The maximum Gasteiger partial charge on any atom is 0.313 e. The SMILES string of the molecule is Cc1nnc(SCC(=O)O)n1-c1cncc(Br)c1. The van der Waals surface area contributed by atoms with E-state index in [4.69, 9.17) is 5.11 Å². The molecule has 18 heavy (non-hydrogen) atoms. The largest absolute Gasteiger partial charge is 0.481 e. The van der Waals surface area contributed by atoms with E-state index in [1.807, 2.05) is 6.07 Å². The molecular formula is C10H9BrN4O2S. The predicted octanol–water partition coefficient (Wildman–Crippen LogP) is 1.91. The second kappa shape index (κ2) is 5.49. The number of pyridine rings is 1. The van der Waals surface area contributed by atoms with E-state index in [9.17, 15) is 4.79 Å². The summed E-state index contributed by atoms with van der Waals surface area (Å²) in [6.07, 6.45) is 3.35. The Morgan fingerprint density at radius 1 is 1.50 bits per heavy atom. The standard InChI is InChI=1S/C10H9BrN4O2S/c1-6-13-14-10(18-5-9(16)17)15(6)8-2-7(11)3-12-4-8/h2-4H,5H2,1H3,(H,16,17). The molecule has 0 atom stereocenters. The van der Waals surface area contributed by atoms with Crippen LogP contribution in [0.3, 0.4) is 0 Å². The highest BCUT2D eigenvalue weighted by Crippen LogP contribution is 2.22. The van der Waals surface area contributed by atoms with Crippen LogP contribution in [0, 0.1) is 6.92 Å². The van der Waals surface area contributed by atoms with E-state index in [1.54, 1.807) is 23.9 Å². The monoisotopic (exact) mass is 328 g/mol. The fraction of sp³-hybridized carbons (Fsp3) is 0.200. The van der Waals surface area contributed by atoms with Crippen LogP contribution in [0.5, 0.6) is 0 Å². The molecule has 0 aliphatic heterocycles. The number of hydrogen-bond acceptors (Lipinski definition) is 5. The number of nitrogens with zero attached hydrogens (tertiary/aromatic N) is 4. The van der Waals surface area contributed by atoms with Crippen LogP contribution < -0.4 is 0 Å². The summed E-state index contributed by atoms with van der Waals surface area (Å²) in [6, 6.07) is 1.87. The Morgan fingerprint density at radius 2 is 2.28 bits per heavy atom. The minimum Gasteiger partial charge on any atom is -0.481 e. The number of hydrogen-bond donors (Lipinski definition) is 1. The molecule has 0 spiro atoms. The fourth-order valence-corrected chi connectivity index (χ4v) is 2.45. The third kappa shape index (κ3) is 2.88. The Balaban J connectivity index is 2.37. The molecule has 0 saturated carbocycles. The highest BCUT2D eigenvalue weighted by molar-refractivity contribution is 9.10. The van der Waals surface area contributed by atoms with Gasteiger partial charge in [0.25, 0.3) is 0 Å². The first kappa shape index (κ1) is 13.0. The van der Waals surface area contributed by atoms with Gasteiger partial charge in [-0.1, -0.05) is 11.8 Å². The van der Waals surface area contributed by atoms with Gasteiger partial charge in [0.1, 0.15) is 5.82 Å². The lowest BCUT2D eigenvalue weighted by Gasteiger charge is -2.07. The molecule has 0 aliphatic rings. The predicted molar refractivity (Wildman–Crippen MR) is 70.0 cm³/mol. The minimum absolute atomic E-state index is 0.0560. The van der Waals surface area contributed by atoms with Crippen LogP contribution in [0.4, 0.5) is 0 Å². The smallest absolute Gasteiger partial charge is 0.313 e. The summed E-state index contributed by atoms with van der Waals surface area (Å²) >= 11 is 4.46. The molecule has 2 aromatic rings. The molecule has 8 heteroatoms. The number of aryl methyl sites for hydroxylation is 1. The minimum atomic E-state index is -0.889. The number of carboxylic acid groups (broad SMARTS) is 1. The van der Waals surface area contributed by atoms with Crippen LogP contribution in [0.2, 0.25) is 0 Å². The molecule has 0 aliphatic carbocycles. The number of aliphatic carboxylic acids is 1. The highest BCUT2D eigenvalue weighted by atomic mass is 79.9. The summed E-state index contributed by atoms with van der Waals surface area (Å²) in [7, 11) is 0. The molecule has 0 radical (unpaired) electrons. The number of aromatic nitrogens is 4. The first-order valence-corrected chi connectivity index (χ1v) is 6.73. The number of rotatable bonds is 4. The van der Waals surface area contributed by atoms with Crippen LogP contribution >= 0.6 is 27.7 Å². The van der Waals surface area contributed by atoms with Crippen molar-refractivity contribution >= 4 is 33.7 Å². The highest BCUT2D eigenvalue weighted by Gasteiger charge is 2.13. The van der Waals surface area contributed by atoms with Crippen molar-refractivity contribution in [3.05, 3.63) is 28.8 Å². The van der Waals surface area contributed by atoms with Crippen molar-refractivity contribution in [3.8, 4) is 5.69 Å². The van der Waals surface area contributed by atoms with Crippen molar-refractivity contribution in [1.82, 2.24) is 19.7 Å². The number of carboxylic acids is 1. The van der Waals surface area contributed by atoms with E-state index in [2.05, 4.69) is 31.1 Å². The molecule has 0 saturated heterocycles. The molecule has 0 amide bonds. The second-order valence-electron chi connectivity index (χ2n) is 3.41. The Kier molecular flexibility index (Phi) is 3.97. The number of thioether (sulfide) groups is 1. The zero-order chi connectivity index (χ0) is 13.1. The van der Waals surface area contributed by atoms with Crippen molar-refractivity contribution in [1.29, 1.82) is 0 Å². The number of carbonyl (C=O) groups is 1. The van der Waals surface area contributed by atoms with Gasteiger partial charge in [0.2, 0.25) is 0 Å². The van der Waals surface area contributed by atoms with Gasteiger partial charge in [0.05, 0.1) is 17.6 Å². The Labute approximate surface area is 116 Å². The van der Waals surface area contributed by atoms with Gasteiger partial charge in [-0.3, -0.25) is 14.3 Å². The average molecular weight is 329 g/mol. The Hall–Kier alpha value is -1.41. The van der Waals surface area contributed by atoms with Crippen molar-refractivity contribution in [2.45, 2.75) is 12.1 Å². The van der Waals surface area contributed by atoms with Crippen molar-refractivity contribution < 1.29 is 9.90 Å². The first-order valence-electron chi connectivity index (χ1n) is 4.95. The zero-order valence-electron chi connectivity index (χ0n) is 9.37. The summed E-state index contributed by atoms with van der Waals surface area (Å²) in [6.45, 7) is 1.80. The van der Waals surface area contributed by atoms with Crippen molar-refractivity contribution in [2.24, 2.45) is 0 Å². The Morgan fingerprint density at radius 3 is 2.94 bits per heavy atom. The molecule has 0 aromatic carbocycles. The van der Waals surface area contributed by atoms with Crippen LogP contribution in [0.1, 0.15) is 5.82 Å². The van der Waals surface area contributed by atoms with Crippen LogP contribution in [-0.4, -0.2) is 36.6 Å². The normalized spacial score (nSPS) is 10.6. The van der Waals surface area contributed by atoms with Gasteiger partial charge in [0.15, 0.2) is 5.16 Å². The summed E-state index contributed by atoms with van der Waals surface area (Å²) in [5.41, 5.74) is 0.791. The molecular weight excluding hydrogens is 320 g/mol. The van der Waals surface area contributed by atoms with Gasteiger partial charge in [-0.25, -0.2) is 0 Å². The molecule has 0 bridgehead atoms. The van der Waals surface area contributed by atoms with Gasteiger partial charge in [-0.15, -0.1) is 10.2 Å². The summed E-state index contributed by atoms with van der Waals surface area (Å²) in [5.74, 6) is -0.262. The lowest BCUT2D eigenvalue weighted by Crippen LogP contribution is -2.03. The van der Waals surface area contributed by atoms with Crippen LogP contribution in [0.25, 0.3) is 5.69 Å². The van der Waals surface area contributed by atoms with Gasteiger partial charge in [0, 0.05) is 10.7 Å². The van der Waals surface area contributed by atoms with E-state index in [-0.39, 0.29) is 5.75 Å². The summed E-state index contributed by atoms with van der Waals surface area (Å²) < 4.78 is 2.60. The van der Waals surface area contributed by atoms with E-state index >= 15 is 0 Å². The third-order valence-corrected chi connectivity index (χ3v) is 3.42. The summed E-state index contributed by atoms with van der Waals surface area (Å²) in [4.78, 5) is 14.7.